The van der Waals surface area contributed by atoms with Gasteiger partial charge in [-0.1, -0.05) is 36.0 Å². The molecule has 3 rings (SSSR count). The SMILES string of the molecule is S=CCN1CCOC(c2ccc(Oc3ccc(Cl)cc3)cc2)C1. The van der Waals surface area contributed by atoms with Crippen LogP contribution in [0.4, 0.5) is 0 Å². The molecule has 0 bridgehead atoms. The molecular weight excluding hydrogens is 330 g/mol. The lowest BCUT2D eigenvalue weighted by atomic mass is 10.1. The fourth-order valence-electron chi connectivity index (χ4n) is 2.56. The molecule has 23 heavy (non-hydrogen) atoms. The first-order valence-electron chi connectivity index (χ1n) is 7.55. The molecular formula is C18H18ClNO2S. The fraction of sp³-hybridized carbons (Fsp3) is 0.278. The molecule has 120 valence electrons. The van der Waals surface area contributed by atoms with E-state index in [2.05, 4.69) is 17.0 Å². The van der Waals surface area contributed by atoms with Crippen molar-refractivity contribution in [3.63, 3.8) is 0 Å². The van der Waals surface area contributed by atoms with Gasteiger partial charge in [-0.3, -0.25) is 4.90 Å². The minimum atomic E-state index is 0.0864. The second-order valence-corrected chi connectivity index (χ2v) is 6.18. The molecule has 0 N–H and O–H groups in total. The molecule has 1 aliphatic rings. The van der Waals surface area contributed by atoms with E-state index in [-0.39, 0.29) is 6.10 Å². The van der Waals surface area contributed by atoms with Crippen molar-refractivity contribution < 1.29 is 9.47 Å². The van der Waals surface area contributed by atoms with E-state index < -0.39 is 0 Å². The Hall–Kier alpha value is -1.46. The number of halogens is 1. The molecule has 0 spiro atoms. The molecule has 0 radical (unpaired) electrons. The van der Waals surface area contributed by atoms with Crippen molar-refractivity contribution in [2.75, 3.05) is 26.2 Å². The summed E-state index contributed by atoms with van der Waals surface area (Å²) in [5.74, 6) is 1.56. The van der Waals surface area contributed by atoms with Gasteiger partial charge in [0.25, 0.3) is 0 Å². The van der Waals surface area contributed by atoms with Crippen LogP contribution in [0, 0.1) is 0 Å². The van der Waals surface area contributed by atoms with Crippen molar-refractivity contribution in [3.05, 3.63) is 59.1 Å². The zero-order chi connectivity index (χ0) is 16.1. The van der Waals surface area contributed by atoms with Gasteiger partial charge in [0.15, 0.2) is 0 Å². The van der Waals surface area contributed by atoms with E-state index in [1.165, 1.54) is 0 Å². The zero-order valence-corrected chi connectivity index (χ0v) is 14.2. The second kappa shape index (κ2) is 7.88. The number of morpholine rings is 1. The molecule has 1 unspecified atom stereocenters. The van der Waals surface area contributed by atoms with Crippen molar-refractivity contribution in [2.24, 2.45) is 0 Å². The summed E-state index contributed by atoms with van der Waals surface area (Å²) < 4.78 is 11.7. The van der Waals surface area contributed by atoms with Crippen LogP contribution in [-0.4, -0.2) is 36.5 Å². The standard InChI is InChI=1S/C18H18ClNO2S/c19-15-3-7-17(8-4-15)22-16-5-1-14(2-6-16)18-13-20(10-12-23)9-11-21-18/h1-8,12,18H,9-11,13H2. The molecule has 1 atom stereocenters. The Bertz CT molecular complexity index is 645. The molecule has 0 aliphatic carbocycles. The monoisotopic (exact) mass is 347 g/mol. The summed E-state index contributed by atoms with van der Waals surface area (Å²) in [6.45, 7) is 3.36. The van der Waals surface area contributed by atoms with Gasteiger partial charge in [0.05, 0.1) is 12.7 Å². The predicted molar refractivity (Wildman–Crippen MR) is 96.8 cm³/mol. The van der Waals surface area contributed by atoms with E-state index in [0.717, 1.165) is 43.3 Å². The first-order valence-corrected chi connectivity index (χ1v) is 8.40. The van der Waals surface area contributed by atoms with E-state index in [4.69, 9.17) is 33.3 Å². The minimum absolute atomic E-state index is 0.0864. The van der Waals surface area contributed by atoms with Crippen molar-refractivity contribution in [2.45, 2.75) is 6.10 Å². The maximum atomic E-state index is 5.87. The molecule has 1 fully saturated rings. The van der Waals surface area contributed by atoms with Crippen LogP contribution < -0.4 is 4.74 Å². The van der Waals surface area contributed by atoms with Gasteiger partial charge >= 0.3 is 0 Å². The number of ether oxygens (including phenoxy) is 2. The summed E-state index contributed by atoms with van der Waals surface area (Å²) in [5.41, 5.74) is 1.16. The van der Waals surface area contributed by atoms with E-state index in [1.807, 2.05) is 36.4 Å². The Morgan fingerprint density at radius 2 is 1.78 bits per heavy atom. The molecule has 0 aromatic heterocycles. The molecule has 2 aromatic rings. The van der Waals surface area contributed by atoms with Crippen molar-refractivity contribution in [1.82, 2.24) is 4.90 Å². The molecule has 1 heterocycles. The van der Waals surface area contributed by atoms with Crippen LogP contribution in [0.25, 0.3) is 0 Å². The molecule has 0 amide bonds. The third-order valence-electron chi connectivity index (χ3n) is 3.78. The predicted octanol–water partition coefficient (Wildman–Crippen LogP) is 4.51. The van der Waals surface area contributed by atoms with E-state index in [9.17, 15) is 0 Å². The van der Waals surface area contributed by atoms with E-state index in [0.29, 0.717) is 5.02 Å². The van der Waals surface area contributed by atoms with Crippen molar-refractivity contribution >= 4 is 29.2 Å². The van der Waals surface area contributed by atoms with E-state index in [1.54, 1.807) is 5.37 Å². The van der Waals surface area contributed by atoms with Gasteiger partial charge < -0.3 is 9.47 Å². The average molecular weight is 348 g/mol. The van der Waals surface area contributed by atoms with Crippen LogP contribution >= 0.6 is 23.8 Å². The highest BCUT2D eigenvalue weighted by molar-refractivity contribution is 7.79. The summed E-state index contributed by atoms with van der Waals surface area (Å²) in [6.07, 6.45) is 0.0864. The topological polar surface area (TPSA) is 21.7 Å². The molecule has 0 saturated carbocycles. The molecule has 1 aliphatic heterocycles. The van der Waals surface area contributed by atoms with Crippen LogP contribution in [0.2, 0.25) is 5.02 Å². The zero-order valence-electron chi connectivity index (χ0n) is 12.7. The summed E-state index contributed by atoms with van der Waals surface area (Å²) in [5, 5.41) is 2.47. The first-order chi connectivity index (χ1) is 11.2. The maximum absolute atomic E-state index is 5.87. The maximum Gasteiger partial charge on any atom is 0.127 e. The Balaban J connectivity index is 1.64. The first kappa shape index (κ1) is 16.4. The summed E-state index contributed by atoms with van der Waals surface area (Å²) in [7, 11) is 0. The lowest BCUT2D eigenvalue weighted by Crippen LogP contribution is -2.39. The Morgan fingerprint density at radius 1 is 1.13 bits per heavy atom. The molecule has 1 saturated heterocycles. The van der Waals surface area contributed by atoms with Crippen LogP contribution in [-0.2, 0) is 4.74 Å². The number of hydrogen-bond acceptors (Lipinski definition) is 4. The van der Waals surface area contributed by atoms with Gasteiger partial charge in [-0.2, -0.15) is 0 Å². The number of nitrogens with zero attached hydrogens (tertiary/aromatic N) is 1. The van der Waals surface area contributed by atoms with Gasteiger partial charge in [-0.15, -0.1) is 0 Å². The van der Waals surface area contributed by atoms with Gasteiger partial charge in [-0.05, 0) is 47.3 Å². The van der Waals surface area contributed by atoms with Crippen molar-refractivity contribution in [1.29, 1.82) is 0 Å². The Kier molecular flexibility index (Phi) is 5.62. The lowest BCUT2D eigenvalue weighted by Gasteiger charge is -2.32. The van der Waals surface area contributed by atoms with Crippen LogP contribution in [0.3, 0.4) is 0 Å². The highest BCUT2D eigenvalue weighted by Gasteiger charge is 2.21. The Labute approximate surface area is 146 Å². The largest absolute Gasteiger partial charge is 0.457 e. The van der Waals surface area contributed by atoms with Gasteiger partial charge in [0.1, 0.15) is 11.5 Å². The average Bonchev–Trinajstić information content (AvgIpc) is 2.58. The second-order valence-electron chi connectivity index (χ2n) is 5.41. The number of thiocarbonyl (C=S) groups is 1. The van der Waals surface area contributed by atoms with E-state index >= 15 is 0 Å². The summed E-state index contributed by atoms with van der Waals surface area (Å²) >= 11 is 10.8. The van der Waals surface area contributed by atoms with Gasteiger partial charge in [-0.25, -0.2) is 0 Å². The van der Waals surface area contributed by atoms with Crippen molar-refractivity contribution in [3.8, 4) is 11.5 Å². The van der Waals surface area contributed by atoms with Gasteiger partial charge in [0.2, 0.25) is 0 Å². The Morgan fingerprint density at radius 3 is 2.43 bits per heavy atom. The van der Waals surface area contributed by atoms with Gasteiger partial charge in [0, 0.05) is 24.7 Å². The number of hydrogen-bond donors (Lipinski definition) is 0. The van der Waals surface area contributed by atoms with Crippen LogP contribution in [0.15, 0.2) is 48.5 Å². The van der Waals surface area contributed by atoms with Crippen LogP contribution in [0.1, 0.15) is 11.7 Å². The fourth-order valence-corrected chi connectivity index (χ4v) is 2.90. The highest BCUT2D eigenvalue weighted by atomic mass is 35.5. The van der Waals surface area contributed by atoms with Crippen LogP contribution in [0.5, 0.6) is 11.5 Å². The molecule has 5 heteroatoms. The number of rotatable bonds is 5. The number of benzene rings is 2. The molecule has 2 aromatic carbocycles. The quantitative estimate of drug-likeness (QED) is 0.742. The minimum Gasteiger partial charge on any atom is -0.457 e. The normalized spacial score (nSPS) is 18.6. The lowest BCUT2D eigenvalue weighted by molar-refractivity contribution is -0.0242. The smallest absolute Gasteiger partial charge is 0.127 e. The third-order valence-corrected chi connectivity index (χ3v) is 4.19. The third kappa shape index (κ3) is 4.52. The highest BCUT2D eigenvalue weighted by Crippen LogP contribution is 2.27. The molecule has 3 nitrogen and oxygen atoms in total. The summed E-state index contributed by atoms with van der Waals surface area (Å²) in [6, 6.07) is 15.4. The summed E-state index contributed by atoms with van der Waals surface area (Å²) in [4.78, 5) is 2.30.